The Bertz CT molecular complexity index is 349. The highest BCUT2D eigenvalue weighted by Crippen LogP contribution is 2.08. The summed E-state index contributed by atoms with van der Waals surface area (Å²) in [5, 5.41) is 8.40. The second kappa shape index (κ2) is 4.57. The molecular formula is C9H14N4O. The number of nitrogens with two attached hydrogens (primary N) is 1. The molecule has 4 N–H and O–H groups in total. The van der Waals surface area contributed by atoms with Crippen molar-refractivity contribution in [3.05, 3.63) is 29.1 Å². The highest BCUT2D eigenvalue weighted by molar-refractivity contribution is 5.76. The summed E-state index contributed by atoms with van der Waals surface area (Å²) in [5.41, 5.74) is 10.1. The lowest BCUT2D eigenvalue weighted by atomic mass is 10.1. The van der Waals surface area contributed by atoms with E-state index < -0.39 is 0 Å². The fraction of sp³-hybridized carbons (Fsp3) is 0.333. The average Bonchev–Trinajstić information content (AvgIpc) is 2.16. The van der Waals surface area contributed by atoms with Crippen LogP contribution in [0.5, 0.6) is 0 Å². The van der Waals surface area contributed by atoms with Crippen LogP contribution in [-0.4, -0.2) is 16.2 Å². The molecule has 0 spiro atoms. The van der Waals surface area contributed by atoms with Gasteiger partial charge in [0.2, 0.25) is 5.96 Å². The lowest BCUT2D eigenvalue weighted by Gasteiger charge is -2.03. The third-order valence-electron chi connectivity index (χ3n) is 1.89. The third-order valence-corrected chi connectivity index (χ3v) is 1.89. The summed E-state index contributed by atoms with van der Waals surface area (Å²) in [6, 6.07) is 1.98. The van der Waals surface area contributed by atoms with Crippen LogP contribution in [0.25, 0.3) is 0 Å². The number of aliphatic imine (C=N–C) groups is 1. The Hall–Kier alpha value is -1.62. The van der Waals surface area contributed by atoms with Crippen molar-refractivity contribution in [1.29, 1.82) is 0 Å². The van der Waals surface area contributed by atoms with Gasteiger partial charge in [0.1, 0.15) is 0 Å². The molecule has 0 aliphatic heterocycles. The van der Waals surface area contributed by atoms with E-state index in [0.29, 0.717) is 6.54 Å². The molecule has 5 nitrogen and oxygen atoms in total. The first-order chi connectivity index (χ1) is 6.63. The number of nitrogens with one attached hydrogen (secondary N) is 1. The van der Waals surface area contributed by atoms with Gasteiger partial charge in [-0.05, 0) is 31.0 Å². The van der Waals surface area contributed by atoms with E-state index in [1.807, 2.05) is 19.9 Å². The van der Waals surface area contributed by atoms with E-state index in [0.717, 1.165) is 16.8 Å². The molecule has 1 heterocycles. The Kier molecular flexibility index (Phi) is 3.41. The van der Waals surface area contributed by atoms with E-state index in [2.05, 4.69) is 9.98 Å². The fourth-order valence-corrected chi connectivity index (χ4v) is 1.10. The van der Waals surface area contributed by atoms with Gasteiger partial charge in [-0.1, -0.05) is 0 Å². The summed E-state index contributed by atoms with van der Waals surface area (Å²) in [6.45, 7) is 4.34. The topological polar surface area (TPSA) is 83.5 Å². The Morgan fingerprint density at radius 1 is 1.64 bits per heavy atom. The quantitative estimate of drug-likeness (QED) is 0.363. The molecule has 0 amide bonds. The Balaban J connectivity index is 2.77. The van der Waals surface area contributed by atoms with Gasteiger partial charge in [-0.25, -0.2) is 10.5 Å². The number of hydrogen-bond acceptors (Lipinski definition) is 3. The summed E-state index contributed by atoms with van der Waals surface area (Å²) in [6.07, 6.45) is 1.76. The molecule has 1 rings (SSSR count). The zero-order chi connectivity index (χ0) is 10.6. The normalized spacial score (nSPS) is 11.5. The number of hydrogen-bond donors (Lipinski definition) is 3. The van der Waals surface area contributed by atoms with Gasteiger partial charge < -0.3 is 5.73 Å². The average molecular weight is 194 g/mol. The first-order valence-corrected chi connectivity index (χ1v) is 4.25. The van der Waals surface area contributed by atoms with E-state index >= 15 is 0 Å². The van der Waals surface area contributed by atoms with Gasteiger partial charge >= 0.3 is 0 Å². The van der Waals surface area contributed by atoms with Crippen LogP contribution in [0.4, 0.5) is 0 Å². The Morgan fingerprint density at radius 3 is 2.93 bits per heavy atom. The maximum Gasteiger partial charge on any atom is 0.213 e. The standard InChI is InChI=1S/C9H14N4O/c1-6-3-7(2)11-4-8(6)5-12-9(10)13-14/h3-4,14H,5H2,1-2H3,(H3,10,12,13). The highest BCUT2D eigenvalue weighted by atomic mass is 16.5. The molecule has 0 bridgehead atoms. The third kappa shape index (κ3) is 2.70. The van der Waals surface area contributed by atoms with Gasteiger partial charge in [-0.3, -0.25) is 10.2 Å². The van der Waals surface area contributed by atoms with Crippen LogP contribution in [0.15, 0.2) is 17.3 Å². The monoisotopic (exact) mass is 194 g/mol. The minimum Gasteiger partial charge on any atom is -0.368 e. The number of pyridine rings is 1. The molecule has 0 aliphatic carbocycles. The van der Waals surface area contributed by atoms with Crippen LogP contribution in [0.2, 0.25) is 0 Å². The smallest absolute Gasteiger partial charge is 0.213 e. The van der Waals surface area contributed by atoms with Crippen molar-refractivity contribution in [2.45, 2.75) is 20.4 Å². The summed E-state index contributed by atoms with van der Waals surface area (Å²) in [7, 11) is 0. The van der Waals surface area contributed by atoms with Crippen LogP contribution < -0.4 is 11.2 Å². The molecule has 0 saturated carbocycles. The van der Waals surface area contributed by atoms with E-state index in [4.69, 9.17) is 10.9 Å². The van der Waals surface area contributed by atoms with Crippen LogP contribution in [-0.2, 0) is 6.54 Å². The Labute approximate surface area is 82.6 Å². The SMILES string of the molecule is Cc1cc(C)c(CN=C(N)NO)cn1. The second-order valence-electron chi connectivity index (χ2n) is 3.07. The van der Waals surface area contributed by atoms with Crippen molar-refractivity contribution in [1.82, 2.24) is 10.5 Å². The van der Waals surface area contributed by atoms with Crippen molar-refractivity contribution >= 4 is 5.96 Å². The lowest BCUT2D eigenvalue weighted by molar-refractivity contribution is 0.232. The number of aryl methyl sites for hydroxylation is 2. The first-order valence-electron chi connectivity index (χ1n) is 4.25. The molecule has 0 radical (unpaired) electrons. The van der Waals surface area contributed by atoms with E-state index in [1.165, 1.54) is 0 Å². The number of nitrogens with zero attached hydrogens (tertiary/aromatic N) is 2. The Morgan fingerprint density at radius 2 is 2.36 bits per heavy atom. The maximum absolute atomic E-state index is 8.40. The van der Waals surface area contributed by atoms with Crippen LogP contribution in [0, 0.1) is 13.8 Å². The van der Waals surface area contributed by atoms with Gasteiger partial charge in [-0.2, -0.15) is 0 Å². The zero-order valence-electron chi connectivity index (χ0n) is 8.28. The molecule has 0 aromatic carbocycles. The van der Waals surface area contributed by atoms with Crippen LogP contribution in [0.1, 0.15) is 16.8 Å². The van der Waals surface area contributed by atoms with Gasteiger partial charge in [0.15, 0.2) is 0 Å². The van der Waals surface area contributed by atoms with E-state index in [-0.39, 0.29) is 5.96 Å². The van der Waals surface area contributed by atoms with Crippen LogP contribution >= 0.6 is 0 Å². The zero-order valence-corrected chi connectivity index (χ0v) is 8.28. The van der Waals surface area contributed by atoms with E-state index in [1.54, 1.807) is 11.7 Å². The predicted molar refractivity (Wildman–Crippen MR) is 54.0 cm³/mol. The highest BCUT2D eigenvalue weighted by Gasteiger charge is 1.98. The van der Waals surface area contributed by atoms with E-state index in [9.17, 15) is 0 Å². The minimum atomic E-state index is 0.00461. The summed E-state index contributed by atoms with van der Waals surface area (Å²) in [5.74, 6) is 0.00461. The molecule has 0 aliphatic rings. The van der Waals surface area contributed by atoms with Crippen LogP contribution in [0.3, 0.4) is 0 Å². The number of aromatic nitrogens is 1. The van der Waals surface area contributed by atoms with Crippen molar-refractivity contribution in [3.63, 3.8) is 0 Å². The maximum atomic E-state index is 8.40. The van der Waals surface area contributed by atoms with Crippen molar-refractivity contribution in [2.24, 2.45) is 10.7 Å². The molecule has 76 valence electrons. The molecular weight excluding hydrogens is 180 g/mol. The number of hydroxylamine groups is 1. The van der Waals surface area contributed by atoms with Gasteiger partial charge in [-0.15, -0.1) is 0 Å². The summed E-state index contributed by atoms with van der Waals surface area (Å²) < 4.78 is 0. The minimum absolute atomic E-state index is 0.00461. The predicted octanol–water partition coefficient (Wildman–Crippen LogP) is 0.492. The molecule has 14 heavy (non-hydrogen) atoms. The van der Waals surface area contributed by atoms with Crippen molar-refractivity contribution in [2.75, 3.05) is 0 Å². The molecule has 0 unspecified atom stereocenters. The number of rotatable bonds is 2. The fourth-order valence-electron chi connectivity index (χ4n) is 1.10. The molecule has 1 aromatic heterocycles. The van der Waals surface area contributed by atoms with Crippen molar-refractivity contribution < 1.29 is 5.21 Å². The molecule has 0 saturated heterocycles. The molecule has 0 atom stereocenters. The summed E-state index contributed by atoms with van der Waals surface area (Å²) >= 11 is 0. The molecule has 0 fully saturated rings. The second-order valence-corrected chi connectivity index (χ2v) is 3.07. The largest absolute Gasteiger partial charge is 0.368 e. The molecule has 1 aromatic rings. The summed E-state index contributed by atoms with van der Waals surface area (Å²) in [4.78, 5) is 8.05. The van der Waals surface area contributed by atoms with Crippen molar-refractivity contribution in [3.8, 4) is 0 Å². The van der Waals surface area contributed by atoms with Gasteiger partial charge in [0, 0.05) is 11.9 Å². The van der Waals surface area contributed by atoms with Gasteiger partial charge in [0.05, 0.1) is 6.54 Å². The van der Waals surface area contributed by atoms with Gasteiger partial charge in [0.25, 0.3) is 0 Å². The first kappa shape index (κ1) is 10.5. The lowest BCUT2D eigenvalue weighted by Crippen LogP contribution is -2.28. The molecule has 5 heteroatoms. The number of guanidine groups is 1.